The molecule has 0 aromatic heterocycles. The van der Waals surface area contributed by atoms with Gasteiger partial charge >= 0.3 is 0 Å². The minimum Gasteiger partial charge on any atom is -0.496 e. The minimum atomic E-state index is 0.612. The van der Waals surface area contributed by atoms with Crippen LogP contribution in [0.2, 0.25) is 0 Å². The van der Waals surface area contributed by atoms with Gasteiger partial charge in [0.1, 0.15) is 5.75 Å². The van der Waals surface area contributed by atoms with Crippen molar-refractivity contribution in [1.82, 2.24) is 0 Å². The van der Waals surface area contributed by atoms with Crippen LogP contribution >= 0.6 is 0 Å². The summed E-state index contributed by atoms with van der Waals surface area (Å²) in [6, 6.07) is 15.4. The van der Waals surface area contributed by atoms with Crippen LogP contribution in [0.4, 0.5) is 0 Å². The van der Waals surface area contributed by atoms with Crippen LogP contribution in [0, 0.1) is 18.3 Å². The Labute approximate surface area is 101 Å². The Kier molecular flexibility index (Phi) is 3.11. The molecule has 0 atom stereocenters. The van der Waals surface area contributed by atoms with Crippen LogP contribution < -0.4 is 4.74 Å². The van der Waals surface area contributed by atoms with E-state index in [1.165, 1.54) is 0 Å². The largest absolute Gasteiger partial charge is 0.496 e. The van der Waals surface area contributed by atoms with Gasteiger partial charge in [-0.1, -0.05) is 30.3 Å². The third-order valence-corrected chi connectivity index (χ3v) is 2.61. The van der Waals surface area contributed by atoms with E-state index in [0.717, 1.165) is 16.7 Å². The van der Waals surface area contributed by atoms with Crippen LogP contribution in [0.5, 0.6) is 5.75 Å². The molecule has 0 aliphatic carbocycles. The maximum atomic E-state index is 9.14. The predicted molar refractivity (Wildman–Crippen MR) is 67.6 cm³/mol. The Hall–Kier alpha value is -2.27. The average Bonchev–Trinajstić information content (AvgIpc) is 2.38. The van der Waals surface area contributed by atoms with Crippen molar-refractivity contribution >= 4 is 0 Å². The van der Waals surface area contributed by atoms with Crippen molar-refractivity contribution in [2.24, 2.45) is 0 Å². The average molecular weight is 222 g/mol. The number of nitrogens with zero attached hydrogens (tertiary/aromatic N) is 1. The minimum absolute atomic E-state index is 0.612. The molecule has 0 unspecified atom stereocenters. The van der Waals surface area contributed by atoms with Crippen LogP contribution in [0.15, 0.2) is 42.5 Å². The Morgan fingerprint density at radius 3 is 2.41 bits per heavy atom. The van der Waals surface area contributed by atoms with E-state index in [-0.39, 0.29) is 0 Å². The van der Waals surface area contributed by atoms with Gasteiger partial charge in [0.15, 0.2) is 0 Å². The summed E-state index contributed by atoms with van der Waals surface area (Å²) in [7, 11) is 1.61. The van der Waals surface area contributed by atoms with Gasteiger partial charge in [-0.25, -0.2) is 0 Å². The molecule has 0 saturated heterocycles. The maximum absolute atomic E-state index is 9.14. The number of methoxy groups -OCH3 is 1. The van der Waals surface area contributed by atoms with E-state index in [9.17, 15) is 0 Å². The number of nitriles is 1. The zero-order chi connectivity index (χ0) is 12.3. The standard InChI is InChI=1S/C15H12NO/c1-11-6-8-12(9-7-11)15-13(10-16)4-3-5-14(15)17-2/h3-9H,1H2,2H3. The highest BCUT2D eigenvalue weighted by molar-refractivity contribution is 5.76. The highest BCUT2D eigenvalue weighted by Crippen LogP contribution is 2.32. The van der Waals surface area contributed by atoms with Crippen LogP contribution in [0.3, 0.4) is 0 Å². The lowest BCUT2D eigenvalue weighted by atomic mass is 9.98. The number of rotatable bonds is 2. The molecule has 17 heavy (non-hydrogen) atoms. The third-order valence-electron chi connectivity index (χ3n) is 2.61. The molecule has 2 rings (SSSR count). The molecule has 0 spiro atoms. The fourth-order valence-corrected chi connectivity index (χ4v) is 1.76. The van der Waals surface area contributed by atoms with E-state index in [1.54, 1.807) is 13.2 Å². The van der Waals surface area contributed by atoms with Crippen LogP contribution in [0.1, 0.15) is 11.1 Å². The van der Waals surface area contributed by atoms with E-state index in [1.807, 2.05) is 36.4 Å². The molecule has 0 fully saturated rings. The van der Waals surface area contributed by atoms with Gasteiger partial charge in [-0.3, -0.25) is 0 Å². The smallest absolute Gasteiger partial charge is 0.128 e. The molecule has 0 saturated carbocycles. The molecule has 0 amide bonds. The predicted octanol–water partition coefficient (Wildman–Crippen LogP) is 3.42. The topological polar surface area (TPSA) is 33.0 Å². The van der Waals surface area contributed by atoms with Gasteiger partial charge in [0.2, 0.25) is 0 Å². The molecule has 0 aliphatic rings. The summed E-state index contributed by atoms with van der Waals surface area (Å²) in [5.41, 5.74) is 3.35. The Bertz CT molecular complexity index is 564. The van der Waals surface area contributed by atoms with Crippen LogP contribution in [-0.4, -0.2) is 7.11 Å². The quantitative estimate of drug-likeness (QED) is 0.780. The molecular formula is C15H12NO. The van der Waals surface area contributed by atoms with Crippen LogP contribution in [0.25, 0.3) is 11.1 Å². The Morgan fingerprint density at radius 2 is 1.82 bits per heavy atom. The molecule has 1 radical (unpaired) electrons. The lowest BCUT2D eigenvalue weighted by molar-refractivity contribution is 0.416. The zero-order valence-corrected chi connectivity index (χ0v) is 9.60. The molecule has 2 aromatic rings. The molecular weight excluding hydrogens is 210 g/mol. The maximum Gasteiger partial charge on any atom is 0.128 e. The fraction of sp³-hybridized carbons (Fsp3) is 0.0667. The third kappa shape index (κ3) is 2.14. The van der Waals surface area contributed by atoms with E-state index in [2.05, 4.69) is 13.0 Å². The summed E-state index contributed by atoms with van der Waals surface area (Å²) in [6.45, 7) is 3.84. The summed E-state index contributed by atoms with van der Waals surface area (Å²) in [6.07, 6.45) is 0. The van der Waals surface area contributed by atoms with Gasteiger partial charge < -0.3 is 4.74 Å². The van der Waals surface area contributed by atoms with Crippen LogP contribution in [-0.2, 0) is 0 Å². The Morgan fingerprint density at radius 1 is 1.12 bits per heavy atom. The second-order valence-corrected chi connectivity index (χ2v) is 3.69. The molecule has 2 aromatic carbocycles. The summed E-state index contributed by atoms with van der Waals surface area (Å²) in [4.78, 5) is 0. The first-order valence-electron chi connectivity index (χ1n) is 5.25. The van der Waals surface area contributed by atoms with Gasteiger partial charge in [-0.2, -0.15) is 5.26 Å². The SMILES string of the molecule is [CH2]c1ccc(-c2c(C#N)cccc2OC)cc1. The van der Waals surface area contributed by atoms with Gasteiger partial charge in [-0.15, -0.1) is 0 Å². The van der Waals surface area contributed by atoms with Crippen molar-refractivity contribution in [3.63, 3.8) is 0 Å². The molecule has 0 aliphatic heterocycles. The summed E-state index contributed by atoms with van der Waals surface area (Å²) < 4.78 is 5.31. The van der Waals surface area contributed by atoms with Crippen molar-refractivity contribution in [3.05, 3.63) is 60.5 Å². The van der Waals surface area contributed by atoms with Gasteiger partial charge in [0, 0.05) is 5.56 Å². The van der Waals surface area contributed by atoms with Gasteiger partial charge in [-0.05, 0) is 30.2 Å². The van der Waals surface area contributed by atoms with E-state index < -0.39 is 0 Å². The van der Waals surface area contributed by atoms with Crippen molar-refractivity contribution < 1.29 is 4.74 Å². The van der Waals surface area contributed by atoms with Crippen molar-refractivity contribution in [2.75, 3.05) is 7.11 Å². The Balaban J connectivity index is 2.65. The van der Waals surface area contributed by atoms with E-state index in [4.69, 9.17) is 10.00 Å². The van der Waals surface area contributed by atoms with Crippen molar-refractivity contribution in [2.45, 2.75) is 0 Å². The van der Waals surface area contributed by atoms with Gasteiger partial charge in [0.05, 0.1) is 18.7 Å². The number of hydrogen-bond donors (Lipinski definition) is 0. The zero-order valence-electron chi connectivity index (χ0n) is 9.60. The molecule has 0 bridgehead atoms. The number of ether oxygens (including phenoxy) is 1. The number of hydrogen-bond acceptors (Lipinski definition) is 2. The number of benzene rings is 2. The summed E-state index contributed by atoms with van der Waals surface area (Å²) >= 11 is 0. The van der Waals surface area contributed by atoms with Crippen molar-refractivity contribution in [3.8, 4) is 22.9 Å². The normalized spacial score (nSPS) is 9.71. The lowest BCUT2D eigenvalue weighted by Crippen LogP contribution is -1.91. The monoisotopic (exact) mass is 222 g/mol. The summed E-state index contributed by atoms with van der Waals surface area (Å²) in [5.74, 6) is 0.709. The summed E-state index contributed by atoms with van der Waals surface area (Å²) in [5, 5.41) is 9.14. The first kappa shape index (κ1) is 11.2. The van der Waals surface area contributed by atoms with Gasteiger partial charge in [0.25, 0.3) is 0 Å². The highest BCUT2D eigenvalue weighted by Gasteiger charge is 2.10. The van der Waals surface area contributed by atoms with Crippen molar-refractivity contribution in [1.29, 1.82) is 5.26 Å². The molecule has 2 heteroatoms. The second-order valence-electron chi connectivity index (χ2n) is 3.69. The molecule has 0 N–H and O–H groups in total. The highest BCUT2D eigenvalue weighted by atomic mass is 16.5. The van der Waals surface area contributed by atoms with E-state index in [0.29, 0.717) is 11.3 Å². The lowest BCUT2D eigenvalue weighted by Gasteiger charge is -2.10. The first-order valence-corrected chi connectivity index (χ1v) is 5.25. The first-order chi connectivity index (χ1) is 8.26. The van der Waals surface area contributed by atoms with E-state index >= 15 is 0 Å². The molecule has 83 valence electrons. The molecule has 0 heterocycles. The fourth-order valence-electron chi connectivity index (χ4n) is 1.76. The molecule has 2 nitrogen and oxygen atoms in total. The second kappa shape index (κ2) is 4.71.